The van der Waals surface area contributed by atoms with E-state index in [1.54, 1.807) is 0 Å². The van der Waals surface area contributed by atoms with Crippen molar-refractivity contribution < 1.29 is 40.1 Å². The summed E-state index contributed by atoms with van der Waals surface area (Å²) < 4.78 is 86.8. The molecule has 19 heavy (non-hydrogen) atoms. The number of phosphoric ester groups is 1. The van der Waals surface area contributed by atoms with Gasteiger partial charge in [-0.25, -0.2) is 4.57 Å². The Hall–Kier alpha value is -0.240. The van der Waals surface area contributed by atoms with Gasteiger partial charge in [-0.05, 0) is 27.7 Å². The third-order valence-corrected chi connectivity index (χ3v) is 4.75. The minimum absolute atomic E-state index is 1.16. The van der Waals surface area contributed by atoms with Crippen molar-refractivity contribution in [3.63, 3.8) is 0 Å². The molecule has 10 heteroatoms. The van der Waals surface area contributed by atoms with E-state index in [0.717, 1.165) is 0 Å². The number of hydrogen-bond donors (Lipinski definition) is 0. The van der Waals surface area contributed by atoms with Gasteiger partial charge in [-0.15, -0.1) is 0 Å². The predicted octanol–water partition coefficient (Wildman–Crippen LogP) is 3.91. The minimum atomic E-state index is -5.79. The van der Waals surface area contributed by atoms with Crippen molar-refractivity contribution in [2.75, 3.05) is 6.61 Å². The van der Waals surface area contributed by atoms with Crippen LogP contribution in [0.15, 0.2) is 0 Å². The lowest BCUT2D eigenvalue weighted by molar-refractivity contribution is -0.290. The van der Waals surface area contributed by atoms with Gasteiger partial charge in [0.15, 0.2) is 0 Å². The van der Waals surface area contributed by atoms with Crippen molar-refractivity contribution in [1.82, 2.24) is 0 Å². The molecule has 0 aromatic heterocycles. The Morgan fingerprint density at radius 2 is 1.37 bits per heavy atom. The average molecular weight is 312 g/mol. The SMILES string of the molecule is CC1(C)OP(=O)(OCC(F)(F)C(F)(F)F)OC1(C)C. The Bertz CT molecular complexity index is 384. The van der Waals surface area contributed by atoms with Crippen molar-refractivity contribution >= 4 is 7.82 Å². The van der Waals surface area contributed by atoms with Gasteiger partial charge in [0.1, 0.15) is 17.8 Å². The van der Waals surface area contributed by atoms with Crippen LogP contribution in [0.2, 0.25) is 0 Å². The minimum Gasteiger partial charge on any atom is -0.280 e. The largest absolute Gasteiger partial charge is 0.476 e. The van der Waals surface area contributed by atoms with Crippen molar-refractivity contribution in [2.45, 2.75) is 51.0 Å². The van der Waals surface area contributed by atoms with Gasteiger partial charge in [0.2, 0.25) is 0 Å². The van der Waals surface area contributed by atoms with Crippen LogP contribution in [-0.2, 0) is 18.1 Å². The van der Waals surface area contributed by atoms with Crippen LogP contribution < -0.4 is 0 Å². The molecule has 1 saturated heterocycles. The number of rotatable bonds is 3. The summed E-state index contributed by atoms with van der Waals surface area (Å²) in [6, 6.07) is 0. The molecule has 0 aliphatic carbocycles. The van der Waals surface area contributed by atoms with Crippen molar-refractivity contribution in [3.05, 3.63) is 0 Å². The standard InChI is InChI=1S/C9H14F5O4P/c1-6(2)7(3,4)18-19(15,17-6)16-5-8(10,11)9(12,13)14/h5H2,1-4H3. The van der Waals surface area contributed by atoms with Gasteiger partial charge in [0.25, 0.3) is 0 Å². The topological polar surface area (TPSA) is 44.8 Å². The number of halogens is 5. The highest BCUT2D eigenvalue weighted by molar-refractivity contribution is 7.48. The molecular formula is C9H14F5O4P. The molecule has 0 spiro atoms. The molecule has 0 radical (unpaired) electrons. The molecule has 0 N–H and O–H groups in total. The van der Waals surface area contributed by atoms with E-state index in [-0.39, 0.29) is 0 Å². The van der Waals surface area contributed by atoms with Crippen molar-refractivity contribution in [1.29, 1.82) is 0 Å². The molecule has 1 aliphatic rings. The Labute approximate surface area is 106 Å². The van der Waals surface area contributed by atoms with Gasteiger partial charge in [-0.2, -0.15) is 22.0 Å². The van der Waals surface area contributed by atoms with Gasteiger partial charge in [-0.1, -0.05) is 0 Å². The predicted molar refractivity (Wildman–Crippen MR) is 54.9 cm³/mol. The molecule has 0 atom stereocenters. The van der Waals surface area contributed by atoms with Crippen molar-refractivity contribution in [3.8, 4) is 0 Å². The molecule has 1 heterocycles. The van der Waals surface area contributed by atoms with E-state index in [1.165, 1.54) is 27.7 Å². The van der Waals surface area contributed by atoms with E-state index < -0.39 is 37.7 Å². The monoisotopic (exact) mass is 312 g/mol. The van der Waals surface area contributed by atoms with E-state index in [0.29, 0.717) is 0 Å². The Morgan fingerprint density at radius 3 is 1.68 bits per heavy atom. The maximum Gasteiger partial charge on any atom is 0.476 e. The van der Waals surface area contributed by atoms with Crippen LogP contribution in [0.3, 0.4) is 0 Å². The number of alkyl halides is 5. The highest BCUT2D eigenvalue weighted by Gasteiger charge is 2.61. The van der Waals surface area contributed by atoms with Crippen LogP contribution in [-0.4, -0.2) is 29.9 Å². The van der Waals surface area contributed by atoms with Crippen LogP contribution in [0.25, 0.3) is 0 Å². The van der Waals surface area contributed by atoms with Gasteiger partial charge < -0.3 is 0 Å². The fraction of sp³-hybridized carbons (Fsp3) is 1.00. The van der Waals surface area contributed by atoms with E-state index in [9.17, 15) is 26.5 Å². The Morgan fingerprint density at radius 1 is 1.00 bits per heavy atom. The second-order valence-corrected chi connectivity index (χ2v) is 6.64. The van der Waals surface area contributed by atoms with E-state index in [2.05, 4.69) is 4.52 Å². The fourth-order valence-electron chi connectivity index (χ4n) is 1.09. The normalized spacial score (nSPS) is 25.5. The van der Waals surface area contributed by atoms with Crippen molar-refractivity contribution in [2.24, 2.45) is 0 Å². The third kappa shape index (κ3) is 3.26. The summed E-state index contributed by atoms with van der Waals surface area (Å²) in [5.74, 6) is -5.13. The lowest BCUT2D eigenvalue weighted by Crippen LogP contribution is -2.41. The zero-order valence-corrected chi connectivity index (χ0v) is 11.6. The Balaban J connectivity index is 2.78. The van der Waals surface area contributed by atoms with Crippen LogP contribution in [0, 0.1) is 0 Å². The summed E-state index contributed by atoms with van der Waals surface area (Å²) in [4.78, 5) is 0. The van der Waals surface area contributed by atoms with E-state index in [1.807, 2.05) is 0 Å². The van der Waals surface area contributed by atoms with Crippen LogP contribution in [0.1, 0.15) is 27.7 Å². The summed E-state index contributed by atoms with van der Waals surface area (Å²) in [7, 11) is -4.46. The number of phosphoric acid groups is 1. The zero-order valence-electron chi connectivity index (χ0n) is 10.7. The molecule has 0 aromatic carbocycles. The summed E-state index contributed by atoms with van der Waals surface area (Å²) in [5.41, 5.74) is -2.31. The molecule has 0 amide bonds. The maximum absolute atomic E-state index is 12.7. The molecule has 1 fully saturated rings. The summed E-state index contributed by atoms with van der Waals surface area (Å²) >= 11 is 0. The lowest BCUT2D eigenvalue weighted by atomic mass is 9.90. The fourth-order valence-corrected chi connectivity index (χ4v) is 3.11. The molecular weight excluding hydrogens is 298 g/mol. The van der Waals surface area contributed by atoms with Gasteiger partial charge in [0.05, 0.1) is 0 Å². The smallest absolute Gasteiger partial charge is 0.280 e. The van der Waals surface area contributed by atoms with Gasteiger partial charge in [0, 0.05) is 0 Å². The zero-order chi connectivity index (χ0) is 15.3. The first-order chi connectivity index (χ1) is 8.12. The first kappa shape index (κ1) is 16.8. The molecule has 1 rings (SSSR count). The highest BCUT2D eigenvalue weighted by Crippen LogP contribution is 2.65. The summed E-state index contributed by atoms with van der Waals surface area (Å²) in [6.07, 6.45) is -5.79. The number of hydrogen-bond acceptors (Lipinski definition) is 4. The molecule has 0 unspecified atom stereocenters. The first-order valence-electron chi connectivity index (χ1n) is 5.23. The quantitative estimate of drug-likeness (QED) is 0.585. The second-order valence-electron chi connectivity index (χ2n) is 5.13. The van der Waals surface area contributed by atoms with Crippen LogP contribution in [0.4, 0.5) is 22.0 Å². The van der Waals surface area contributed by atoms with E-state index >= 15 is 0 Å². The molecule has 0 bridgehead atoms. The molecule has 4 nitrogen and oxygen atoms in total. The van der Waals surface area contributed by atoms with Gasteiger partial charge >= 0.3 is 19.9 Å². The maximum atomic E-state index is 12.7. The third-order valence-electron chi connectivity index (χ3n) is 2.95. The first-order valence-corrected chi connectivity index (χ1v) is 6.69. The molecule has 0 saturated carbocycles. The van der Waals surface area contributed by atoms with Crippen LogP contribution >= 0.6 is 7.82 Å². The lowest BCUT2D eigenvalue weighted by Gasteiger charge is -2.28. The van der Waals surface area contributed by atoms with Crippen LogP contribution in [0.5, 0.6) is 0 Å². The Kier molecular flexibility index (Phi) is 3.87. The summed E-state index contributed by atoms with van der Waals surface area (Å²) in [5, 5.41) is 0. The highest BCUT2D eigenvalue weighted by atomic mass is 31.2. The molecule has 1 aliphatic heterocycles. The summed E-state index contributed by atoms with van der Waals surface area (Å²) in [6.45, 7) is 3.70. The molecule has 0 aromatic rings. The van der Waals surface area contributed by atoms with Gasteiger partial charge in [-0.3, -0.25) is 13.6 Å². The van der Waals surface area contributed by atoms with E-state index in [4.69, 9.17) is 9.05 Å². The second kappa shape index (κ2) is 4.38. The average Bonchev–Trinajstić information content (AvgIpc) is 2.26. The molecule has 114 valence electrons.